The SMILES string of the molecule is CCC1CCCCC1Nc1cc(N)cc(F)c1. The Morgan fingerprint density at radius 3 is 2.76 bits per heavy atom. The molecule has 1 fully saturated rings. The van der Waals surface area contributed by atoms with Crippen molar-refractivity contribution in [3.63, 3.8) is 0 Å². The van der Waals surface area contributed by atoms with E-state index in [0.29, 0.717) is 17.6 Å². The normalized spacial score (nSPS) is 24.6. The molecule has 0 heterocycles. The molecule has 1 aromatic carbocycles. The standard InChI is InChI=1S/C14H21FN2/c1-2-10-5-3-4-6-14(10)17-13-8-11(15)7-12(16)9-13/h7-10,14,17H,2-6,16H2,1H3. The minimum Gasteiger partial charge on any atom is -0.399 e. The van der Waals surface area contributed by atoms with Gasteiger partial charge >= 0.3 is 0 Å². The van der Waals surface area contributed by atoms with Crippen molar-refractivity contribution in [2.45, 2.75) is 45.1 Å². The Kier molecular flexibility index (Phi) is 3.87. The predicted octanol–water partition coefficient (Wildman–Crippen LogP) is 3.79. The van der Waals surface area contributed by atoms with E-state index in [2.05, 4.69) is 12.2 Å². The monoisotopic (exact) mass is 236 g/mol. The molecule has 2 rings (SSSR count). The average Bonchev–Trinajstić information content (AvgIpc) is 2.28. The van der Waals surface area contributed by atoms with Crippen LogP contribution in [0.4, 0.5) is 15.8 Å². The molecule has 2 atom stereocenters. The number of nitrogen functional groups attached to an aromatic ring is 1. The van der Waals surface area contributed by atoms with E-state index in [0.717, 1.165) is 5.69 Å². The predicted molar refractivity (Wildman–Crippen MR) is 70.5 cm³/mol. The lowest BCUT2D eigenvalue weighted by atomic mass is 9.83. The van der Waals surface area contributed by atoms with Gasteiger partial charge in [0.15, 0.2) is 0 Å². The first-order chi connectivity index (χ1) is 8.19. The zero-order valence-electron chi connectivity index (χ0n) is 10.4. The summed E-state index contributed by atoms with van der Waals surface area (Å²) in [6.07, 6.45) is 6.22. The summed E-state index contributed by atoms with van der Waals surface area (Å²) in [6, 6.07) is 5.15. The van der Waals surface area contributed by atoms with Gasteiger partial charge in [0.2, 0.25) is 0 Å². The maximum Gasteiger partial charge on any atom is 0.127 e. The van der Waals surface area contributed by atoms with Crippen LogP contribution in [0.5, 0.6) is 0 Å². The summed E-state index contributed by atoms with van der Waals surface area (Å²) in [4.78, 5) is 0. The molecule has 1 aromatic rings. The molecule has 3 N–H and O–H groups in total. The van der Waals surface area contributed by atoms with Crippen molar-refractivity contribution in [3.8, 4) is 0 Å². The Labute approximate surface area is 102 Å². The molecule has 0 radical (unpaired) electrons. The third kappa shape index (κ3) is 3.11. The van der Waals surface area contributed by atoms with E-state index in [4.69, 9.17) is 5.73 Å². The van der Waals surface area contributed by atoms with Crippen LogP contribution in [0, 0.1) is 11.7 Å². The molecule has 0 amide bonds. The molecule has 0 saturated heterocycles. The molecule has 1 saturated carbocycles. The summed E-state index contributed by atoms with van der Waals surface area (Å²) in [5, 5.41) is 3.44. The van der Waals surface area contributed by atoms with Crippen LogP contribution in [0.2, 0.25) is 0 Å². The fourth-order valence-electron chi connectivity index (χ4n) is 2.80. The number of rotatable bonds is 3. The second-order valence-electron chi connectivity index (χ2n) is 4.98. The Bertz CT molecular complexity index is 358. The van der Waals surface area contributed by atoms with Crippen molar-refractivity contribution in [1.82, 2.24) is 0 Å². The van der Waals surface area contributed by atoms with Gasteiger partial charge in [-0.05, 0) is 37.0 Å². The summed E-state index contributed by atoms with van der Waals surface area (Å²) >= 11 is 0. The molecule has 0 spiro atoms. The fourth-order valence-corrected chi connectivity index (χ4v) is 2.80. The largest absolute Gasteiger partial charge is 0.399 e. The fraction of sp³-hybridized carbons (Fsp3) is 0.571. The Morgan fingerprint density at radius 2 is 2.06 bits per heavy atom. The van der Waals surface area contributed by atoms with E-state index in [9.17, 15) is 4.39 Å². The van der Waals surface area contributed by atoms with Gasteiger partial charge in [0, 0.05) is 17.4 Å². The average molecular weight is 236 g/mol. The second kappa shape index (κ2) is 5.39. The number of benzene rings is 1. The molecule has 0 aromatic heterocycles. The molecule has 1 aliphatic rings. The van der Waals surface area contributed by atoms with Crippen LogP contribution >= 0.6 is 0 Å². The van der Waals surface area contributed by atoms with Gasteiger partial charge in [-0.25, -0.2) is 4.39 Å². The van der Waals surface area contributed by atoms with E-state index in [1.807, 2.05) is 6.07 Å². The summed E-state index contributed by atoms with van der Waals surface area (Å²) in [5.74, 6) is 0.435. The summed E-state index contributed by atoms with van der Waals surface area (Å²) < 4.78 is 13.2. The Morgan fingerprint density at radius 1 is 1.29 bits per heavy atom. The van der Waals surface area contributed by atoms with E-state index in [1.54, 1.807) is 0 Å². The highest BCUT2D eigenvalue weighted by molar-refractivity contribution is 5.55. The van der Waals surface area contributed by atoms with Crippen LogP contribution in [0.1, 0.15) is 39.0 Å². The molecular formula is C14H21FN2. The molecule has 94 valence electrons. The van der Waals surface area contributed by atoms with Crippen LogP contribution in [0.3, 0.4) is 0 Å². The third-order valence-corrected chi connectivity index (χ3v) is 3.71. The molecule has 2 unspecified atom stereocenters. The first-order valence-electron chi connectivity index (χ1n) is 6.51. The van der Waals surface area contributed by atoms with Crippen molar-refractivity contribution >= 4 is 11.4 Å². The number of hydrogen-bond acceptors (Lipinski definition) is 2. The van der Waals surface area contributed by atoms with Gasteiger partial charge in [0.05, 0.1) is 0 Å². The van der Waals surface area contributed by atoms with Crippen molar-refractivity contribution in [2.75, 3.05) is 11.1 Å². The van der Waals surface area contributed by atoms with Gasteiger partial charge in [-0.1, -0.05) is 26.2 Å². The molecule has 1 aliphatic carbocycles. The van der Waals surface area contributed by atoms with Crippen molar-refractivity contribution in [3.05, 3.63) is 24.0 Å². The zero-order valence-corrected chi connectivity index (χ0v) is 10.4. The molecule has 0 aliphatic heterocycles. The minimum absolute atomic E-state index is 0.267. The first-order valence-corrected chi connectivity index (χ1v) is 6.51. The highest BCUT2D eigenvalue weighted by atomic mass is 19.1. The van der Waals surface area contributed by atoms with Crippen molar-refractivity contribution in [1.29, 1.82) is 0 Å². The summed E-state index contributed by atoms with van der Waals surface area (Å²) in [6.45, 7) is 2.23. The van der Waals surface area contributed by atoms with E-state index >= 15 is 0 Å². The Balaban J connectivity index is 2.08. The lowest BCUT2D eigenvalue weighted by Crippen LogP contribution is -2.31. The zero-order chi connectivity index (χ0) is 12.3. The molecular weight excluding hydrogens is 215 g/mol. The van der Waals surface area contributed by atoms with Crippen molar-refractivity contribution < 1.29 is 4.39 Å². The number of nitrogens with one attached hydrogen (secondary N) is 1. The maximum atomic E-state index is 13.2. The first kappa shape index (κ1) is 12.2. The smallest absolute Gasteiger partial charge is 0.127 e. The molecule has 17 heavy (non-hydrogen) atoms. The highest BCUT2D eigenvalue weighted by Gasteiger charge is 2.23. The molecule has 0 bridgehead atoms. The van der Waals surface area contributed by atoms with Gasteiger partial charge in [0.25, 0.3) is 0 Å². The highest BCUT2D eigenvalue weighted by Crippen LogP contribution is 2.30. The lowest BCUT2D eigenvalue weighted by Gasteiger charge is -2.32. The van der Waals surface area contributed by atoms with Gasteiger partial charge < -0.3 is 11.1 Å². The summed E-state index contributed by atoms with van der Waals surface area (Å²) in [7, 11) is 0. The lowest BCUT2D eigenvalue weighted by molar-refractivity contribution is 0.317. The maximum absolute atomic E-state index is 13.2. The van der Waals surface area contributed by atoms with E-state index < -0.39 is 0 Å². The van der Waals surface area contributed by atoms with E-state index in [1.165, 1.54) is 44.2 Å². The van der Waals surface area contributed by atoms with E-state index in [-0.39, 0.29) is 5.82 Å². The van der Waals surface area contributed by atoms with Gasteiger partial charge in [-0.2, -0.15) is 0 Å². The minimum atomic E-state index is -0.267. The number of halogens is 1. The molecule has 3 heteroatoms. The topological polar surface area (TPSA) is 38.0 Å². The van der Waals surface area contributed by atoms with Crippen LogP contribution in [-0.2, 0) is 0 Å². The Hall–Kier alpha value is -1.25. The van der Waals surface area contributed by atoms with Crippen molar-refractivity contribution in [2.24, 2.45) is 5.92 Å². The molecule has 2 nitrogen and oxygen atoms in total. The van der Waals surface area contributed by atoms with Crippen LogP contribution < -0.4 is 11.1 Å². The van der Waals surface area contributed by atoms with Gasteiger partial charge in [0.1, 0.15) is 5.82 Å². The van der Waals surface area contributed by atoms with Gasteiger partial charge in [-0.15, -0.1) is 0 Å². The number of nitrogens with two attached hydrogens (primary N) is 1. The van der Waals surface area contributed by atoms with Crippen LogP contribution in [0.15, 0.2) is 18.2 Å². The number of anilines is 2. The summed E-state index contributed by atoms with van der Waals surface area (Å²) in [5.41, 5.74) is 6.95. The quantitative estimate of drug-likeness (QED) is 0.784. The van der Waals surface area contributed by atoms with Crippen LogP contribution in [-0.4, -0.2) is 6.04 Å². The van der Waals surface area contributed by atoms with Crippen LogP contribution in [0.25, 0.3) is 0 Å². The number of hydrogen-bond donors (Lipinski definition) is 2. The van der Waals surface area contributed by atoms with Gasteiger partial charge in [-0.3, -0.25) is 0 Å². The third-order valence-electron chi connectivity index (χ3n) is 3.71. The second-order valence-corrected chi connectivity index (χ2v) is 4.98.